The van der Waals surface area contributed by atoms with E-state index in [0.717, 1.165) is 49.8 Å². The number of morpholine rings is 1. The summed E-state index contributed by atoms with van der Waals surface area (Å²) < 4.78 is 11.2. The summed E-state index contributed by atoms with van der Waals surface area (Å²) in [6, 6.07) is 5.76. The molecule has 2 unspecified atom stereocenters. The number of halogens is 1. The van der Waals surface area contributed by atoms with Crippen LogP contribution in [-0.2, 0) is 9.47 Å². The zero-order valence-corrected chi connectivity index (χ0v) is 17.0. The molecule has 1 aliphatic carbocycles. The average molecular weight is 392 g/mol. The highest BCUT2D eigenvalue weighted by Gasteiger charge is 2.33. The normalized spacial score (nSPS) is 24.6. The van der Waals surface area contributed by atoms with Gasteiger partial charge in [0.15, 0.2) is 5.88 Å². The van der Waals surface area contributed by atoms with E-state index in [1.165, 1.54) is 12.8 Å². The van der Waals surface area contributed by atoms with E-state index in [9.17, 15) is 0 Å². The molecule has 27 heavy (non-hydrogen) atoms. The maximum Gasteiger partial charge on any atom is 0.185 e. The summed E-state index contributed by atoms with van der Waals surface area (Å²) in [5.41, 5.74) is 8.70. The molecular formula is C21H30ClN3O2. The van der Waals surface area contributed by atoms with Crippen LogP contribution in [0.5, 0.6) is 0 Å². The minimum Gasteiger partial charge on any atom is -0.479 e. The lowest BCUT2D eigenvalue weighted by Gasteiger charge is -2.40. The summed E-state index contributed by atoms with van der Waals surface area (Å²) in [7, 11) is 0. The van der Waals surface area contributed by atoms with Crippen molar-refractivity contribution in [3.63, 3.8) is 0 Å². The van der Waals surface area contributed by atoms with Gasteiger partial charge in [-0.2, -0.15) is 0 Å². The Morgan fingerprint density at radius 1 is 1.33 bits per heavy atom. The molecule has 148 valence electrons. The summed E-state index contributed by atoms with van der Waals surface area (Å²) in [5, 5.41) is 0.716. The second-order valence-corrected chi connectivity index (χ2v) is 7.96. The lowest BCUT2D eigenvalue weighted by atomic mass is 9.74. The smallest absolute Gasteiger partial charge is 0.185 e. The van der Waals surface area contributed by atoms with E-state index in [0.29, 0.717) is 29.3 Å². The van der Waals surface area contributed by atoms with Crippen LogP contribution in [0.1, 0.15) is 25.3 Å². The van der Waals surface area contributed by atoms with E-state index < -0.39 is 0 Å². The first-order chi connectivity index (χ1) is 13.0. The molecule has 3 rings (SSSR count). The Balaban J connectivity index is 1.47. The van der Waals surface area contributed by atoms with Gasteiger partial charge in [-0.25, -0.2) is 0 Å². The predicted molar refractivity (Wildman–Crippen MR) is 111 cm³/mol. The quantitative estimate of drug-likeness (QED) is 0.565. The Bertz CT molecular complexity index is 699. The van der Waals surface area contributed by atoms with Gasteiger partial charge in [0, 0.05) is 36.4 Å². The molecule has 2 N–H and O–H groups in total. The fourth-order valence-electron chi connectivity index (χ4n) is 3.55. The first-order valence-electron chi connectivity index (χ1n) is 9.73. The number of nitrogens with zero attached hydrogens (tertiary/aromatic N) is 2. The zero-order valence-electron chi connectivity index (χ0n) is 16.3. The molecule has 1 heterocycles. The van der Waals surface area contributed by atoms with Gasteiger partial charge < -0.3 is 15.2 Å². The van der Waals surface area contributed by atoms with E-state index in [1.807, 2.05) is 32.0 Å². The summed E-state index contributed by atoms with van der Waals surface area (Å²) in [4.78, 5) is 7.03. The van der Waals surface area contributed by atoms with Gasteiger partial charge in [-0.15, -0.1) is 0 Å². The Morgan fingerprint density at radius 2 is 2.07 bits per heavy atom. The van der Waals surface area contributed by atoms with Gasteiger partial charge >= 0.3 is 0 Å². The third-order valence-corrected chi connectivity index (χ3v) is 5.85. The molecule has 1 aromatic rings. The highest BCUT2D eigenvalue weighted by Crippen LogP contribution is 2.35. The summed E-state index contributed by atoms with van der Waals surface area (Å²) in [6.07, 6.45) is 4.28. The monoisotopic (exact) mass is 391 g/mol. The highest BCUT2D eigenvalue weighted by molar-refractivity contribution is 6.31. The van der Waals surface area contributed by atoms with Crippen molar-refractivity contribution in [1.82, 2.24) is 4.90 Å². The number of aryl methyl sites for hydroxylation is 1. The third-order valence-electron chi connectivity index (χ3n) is 5.45. The summed E-state index contributed by atoms with van der Waals surface area (Å²) in [5.74, 6) is 1.72. The van der Waals surface area contributed by atoms with Crippen molar-refractivity contribution in [3.05, 3.63) is 40.7 Å². The van der Waals surface area contributed by atoms with Crippen LogP contribution in [0, 0.1) is 18.8 Å². The molecule has 1 saturated heterocycles. The fraction of sp³-hybridized carbons (Fsp3) is 0.571. The van der Waals surface area contributed by atoms with Crippen molar-refractivity contribution in [2.45, 2.75) is 26.7 Å². The molecule has 2 fully saturated rings. The molecule has 0 amide bonds. The second-order valence-electron chi connectivity index (χ2n) is 7.55. The molecule has 0 aromatic heterocycles. The largest absolute Gasteiger partial charge is 0.479 e. The van der Waals surface area contributed by atoms with Crippen LogP contribution in [-0.4, -0.2) is 50.1 Å². The van der Waals surface area contributed by atoms with Gasteiger partial charge in [-0.1, -0.05) is 17.7 Å². The highest BCUT2D eigenvalue weighted by atomic mass is 35.5. The number of benzene rings is 1. The molecule has 2 aliphatic rings. The van der Waals surface area contributed by atoms with Crippen LogP contribution in [0.2, 0.25) is 5.02 Å². The summed E-state index contributed by atoms with van der Waals surface area (Å²) in [6.45, 7) is 9.52. The van der Waals surface area contributed by atoms with Gasteiger partial charge in [-0.3, -0.25) is 9.89 Å². The van der Waals surface area contributed by atoms with Crippen LogP contribution in [0.4, 0.5) is 5.69 Å². The van der Waals surface area contributed by atoms with Crippen LogP contribution in [0.25, 0.3) is 0 Å². The van der Waals surface area contributed by atoms with Crippen molar-refractivity contribution in [1.29, 1.82) is 0 Å². The molecule has 6 heteroatoms. The second kappa shape index (κ2) is 9.58. The molecule has 0 radical (unpaired) electrons. The van der Waals surface area contributed by atoms with E-state index in [4.69, 9.17) is 26.8 Å². The van der Waals surface area contributed by atoms with Crippen LogP contribution in [0.15, 0.2) is 35.2 Å². The minimum atomic E-state index is 0.423. The number of hydrogen-bond acceptors (Lipinski definition) is 5. The van der Waals surface area contributed by atoms with Crippen LogP contribution in [0.3, 0.4) is 0 Å². The lowest BCUT2D eigenvalue weighted by Crippen LogP contribution is -2.44. The van der Waals surface area contributed by atoms with E-state index in [1.54, 1.807) is 6.08 Å². The maximum absolute atomic E-state index is 6.15. The number of ether oxygens (including phenoxy) is 2. The van der Waals surface area contributed by atoms with Crippen LogP contribution < -0.4 is 5.73 Å². The Morgan fingerprint density at radius 3 is 2.74 bits per heavy atom. The molecule has 0 bridgehead atoms. The Labute approximate surface area is 167 Å². The van der Waals surface area contributed by atoms with E-state index in [-0.39, 0.29) is 0 Å². The SMILES string of the molecule is CC(C=C(N)OCC1CCC1CN1CCOCC1)=Nc1ccc(C)c(Cl)c1. The van der Waals surface area contributed by atoms with E-state index in [2.05, 4.69) is 9.89 Å². The van der Waals surface area contributed by atoms with Gasteiger partial charge in [0.25, 0.3) is 0 Å². The lowest BCUT2D eigenvalue weighted by molar-refractivity contribution is -0.00189. The first-order valence-corrected chi connectivity index (χ1v) is 10.1. The maximum atomic E-state index is 6.15. The molecule has 1 aromatic carbocycles. The molecule has 1 aliphatic heterocycles. The zero-order chi connectivity index (χ0) is 19.2. The number of hydrogen-bond donors (Lipinski definition) is 1. The summed E-state index contributed by atoms with van der Waals surface area (Å²) >= 11 is 6.15. The van der Waals surface area contributed by atoms with Gasteiger partial charge in [0.05, 0.1) is 25.5 Å². The Kier molecular flexibility index (Phi) is 7.16. The average Bonchev–Trinajstić information content (AvgIpc) is 2.63. The number of rotatable bonds is 7. The van der Waals surface area contributed by atoms with Crippen molar-refractivity contribution in [2.75, 3.05) is 39.5 Å². The third kappa shape index (κ3) is 5.96. The van der Waals surface area contributed by atoms with Gasteiger partial charge in [-0.05, 0) is 56.2 Å². The van der Waals surface area contributed by atoms with Crippen LogP contribution >= 0.6 is 11.6 Å². The molecule has 2 atom stereocenters. The first kappa shape index (κ1) is 20.2. The number of aliphatic imine (C=N–C) groups is 1. The van der Waals surface area contributed by atoms with E-state index >= 15 is 0 Å². The minimum absolute atomic E-state index is 0.423. The topological polar surface area (TPSA) is 60.1 Å². The predicted octanol–water partition coefficient (Wildman–Crippen LogP) is 3.92. The molecular weight excluding hydrogens is 362 g/mol. The van der Waals surface area contributed by atoms with Crippen molar-refractivity contribution >= 4 is 23.0 Å². The van der Waals surface area contributed by atoms with Gasteiger partial charge in [0.2, 0.25) is 0 Å². The Hall–Kier alpha value is -1.56. The number of allylic oxidation sites excluding steroid dienone is 1. The fourth-order valence-corrected chi connectivity index (χ4v) is 3.73. The van der Waals surface area contributed by atoms with Crippen molar-refractivity contribution in [2.24, 2.45) is 22.6 Å². The number of nitrogens with two attached hydrogens (primary N) is 1. The molecule has 5 nitrogen and oxygen atoms in total. The standard InChI is InChI=1S/C21H30ClN3O2/c1-15-3-6-19(12-20(15)22)24-16(2)11-21(23)27-14-18-5-4-17(18)13-25-7-9-26-10-8-25/h3,6,11-12,17-18H,4-5,7-10,13-14,23H2,1-2H3. The van der Waals surface area contributed by atoms with Crippen molar-refractivity contribution in [3.8, 4) is 0 Å². The molecule has 1 saturated carbocycles. The van der Waals surface area contributed by atoms with Crippen molar-refractivity contribution < 1.29 is 9.47 Å². The molecule has 0 spiro atoms. The van der Waals surface area contributed by atoms with Gasteiger partial charge in [0.1, 0.15) is 0 Å².